The van der Waals surface area contributed by atoms with Gasteiger partial charge < -0.3 is 9.84 Å². The molecule has 0 spiro atoms. The Morgan fingerprint density at radius 3 is 2.71 bits per heavy atom. The van der Waals surface area contributed by atoms with Crippen molar-refractivity contribution in [3.63, 3.8) is 0 Å². The number of aromatic nitrogens is 8. The minimum atomic E-state index is -0.878. The summed E-state index contributed by atoms with van der Waals surface area (Å²) in [5.74, 6) is 0. The Morgan fingerprint density at radius 2 is 1.94 bits per heavy atom. The number of ether oxygens (including phenoxy) is 1. The van der Waals surface area contributed by atoms with Crippen molar-refractivity contribution in [3.05, 3.63) is 69.9 Å². The molecular weight excluding hydrogens is 480 g/mol. The molecule has 3 N–H and O–H groups in total. The van der Waals surface area contributed by atoms with Crippen molar-refractivity contribution >= 4 is 15.9 Å². The van der Waals surface area contributed by atoms with E-state index in [1.165, 1.54) is 15.4 Å². The van der Waals surface area contributed by atoms with Crippen LogP contribution in [-0.2, 0) is 17.8 Å². The zero-order valence-corrected chi connectivity index (χ0v) is 17.6. The molecule has 0 saturated carbocycles. The Bertz CT molecular complexity index is 1350. The molecule has 1 saturated heterocycles. The largest absolute Gasteiger partial charge is 0.390 e. The van der Waals surface area contributed by atoms with E-state index in [-0.39, 0.29) is 24.1 Å². The fourth-order valence-corrected chi connectivity index (χ4v) is 3.50. The number of aliphatic hydroxyl groups excluding tert-OH is 1. The molecule has 0 amide bonds. The third-order valence-electron chi connectivity index (χ3n) is 4.78. The number of hydrogen-bond donors (Lipinski definition) is 3. The van der Waals surface area contributed by atoms with Crippen LogP contribution in [0.5, 0.6) is 0 Å². The zero-order valence-electron chi connectivity index (χ0n) is 16.1. The molecule has 0 radical (unpaired) electrons. The van der Waals surface area contributed by atoms with Crippen LogP contribution in [0.1, 0.15) is 23.9 Å². The van der Waals surface area contributed by atoms with Crippen LogP contribution in [0.25, 0.3) is 0 Å². The molecule has 4 rings (SSSR count). The Kier molecular flexibility index (Phi) is 5.55. The van der Waals surface area contributed by atoms with Crippen molar-refractivity contribution in [2.75, 3.05) is 0 Å². The van der Waals surface area contributed by atoms with Crippen molar-refractivity contribution < 1.29 is 9.84 Å². The Labute approximate surface area is 180 Å². The normalized spacial score (nSPS) is 20.9. The van der Waals surface area contributed by atoms with Gasteiger partial charge >= 0.3 is 11.4 Å². The van der Waals surface area contributed by atoms with Crippen molar-refractivity contribution in [1.82, 2.24) is 39.3 Å². The fraction of sp³-hybridized carbons (Fsp3) is 0.438. The van der Waals surface area contributed by atoms with E-state index >= 15 is 0 Å². The van der Waals surface area contributed by atoms with Crippen LogP contribution in [0.3, 0.4) is 0 Å². The van der Waals surface area contributed by atoms with E-state index in [1.54, 1.807) is 13.1 Å². The maximum Gasteiger partial charge on any atom is 0.345 e. The maximum atomic E-state index is 12.1. The van der Waals surface area contributed by atoms with Crippen LogP contribution in [0.2, 0.25) is 0 Å². The van der Waals surface area contributed by atoms with Crippen LogP contribution < -0.4 is 22.5 Å². The fourth-order valence-electron chi connectivity index (χ4n) is 3.21. The molecule has 4 heterocycles. The lowest BCUT2D eigenvalue weighted by atomic mass is 10.2. The van der Waals surface area contributed by atoms with Crippen molar-refractivity contribution in [3.8, 4) is 0 Å². The SMILES string of the molecule is Cc1cn(C2CC(O)C(Cn3cc(Cn4nc(Br)c(=O)[nH]c4=O)nn3)O2)c(=O)[nH]c1=O. The van der Waals surface area contributed by atoms with Gasteiger partial charge in [0.1, 0.15) is 18.0 Å². The van der Waals surface area contributed by atoms with Crippen molar-refractivity contribution in [2.45, 2.75) is 44.9 Å². The molecule has 0 aromatic carbocycles. The summed E-state index contributed by atoms with van der Waals surface area (Å²) in [5.41, 5.74) is -1.69. The van der Waals surface area contributed by atoms with E-state index in [4.69, 9.17) is 4.74 Å². The van der Waals surface area contributed by atoms with Gasteiger partial charge in [0, 0.05) is 18.2 Å². The number of aliphatic hydroxyl groups is 1. The monoisotopic (exact) mass is 496 g/mol. The van der Waals surface area contributed by atoms with Crippen LogP contribution >= 0.6 is 15.9 Å². The second-order valence-corrected chi connectivity index (χ2v) is 7.80. The van der Waals surface area contributed by atoms with Gasteiger partial charge in [0.15, 0.2) is 4.60 Å². The Balaban J connectivity index is 1.47. The molecule has 164 valence electrons. The topological polar surface area (TPSA) is 183 Å². The Hall–Kier alpha value is -3.17. The lowest BCUT2D eigenvalue weighted by molar-refractivity contribution is -0.0302. The number of aryl methyl sites for hydroxylation is 1. The van der Waals surface area contributed by atoms with Gasteiger partial charge in [-0.1, -0.05) is 5.21 Å². The average Bonchev–Trinajstić information content (AvgIpc) is 3.29. The molecule has 1 aliphatic heterocycles. The van der Waals surface area contributed by atoms with Crippen LogP contribution in [0.15, 0.2) is 36.2 Å². The minimum Gasteiger partial charge on any atom is -0.390 e. The number of rotatable bonds is 5. The van der Waals surface area contributed by atoms with E-state index in [9.17, 15) is 24.3 Å². The predicted molar refractivity (Wildman–Crippen MR) is 107 cm³/mol. The van der Waals surface area contributed by atoms with E-state index in [1.807, 2.05) is 0 Å². The number of nitrogens with one attached hydrogen (secondary N) is 2. The Morgan fingerprint density at radius 1 is 1.19 bits per heavy atom. The van der Waals surface area contributed by atoms with Gasteiger partial charge in [-0.2, -0.15) is 5.10 Å². The molecule has 0 bridgehead atoms. The molecule has 31 heavy (non-hydrogen) atoms. The van der Waals surface area contributed by atoms with Crippen molar-refractivity contribution in [2.24, 2.45) is 0 Å². The highest BCUT2D eigenvalue weighted by molar-refractivity contribution is 9.10. The molecule has 3 atom stereocenters. The molecular formula is C16H17BrN8O6. The smallest absolute Gasteiger partial charge is 0.345 e. The molecule has 3 aromatic heterocycles. The van der Waals surface area contributed by atoms with E-state index < -0.39 is 40.9 Å². The summed E-state index contributed by atoms with van der Waals surface area (Å²) in [4.78, 5) is 51.1. The highest BCUT2D eigenvalue weighted by Crippen LogP contribution is 2.28. The van der Waals surface area contributed by atoms with E-state index in [0.717, 1.165) is 4.68 Å². The van der Waals surface area contributed by atoms with Gasteiger partial charge in [-0.15, -0.1) is 5.10 Å². The third-order valence-corrected chi connectivity index (χ3v) is 5.29. The molecule has 14 nitrogen and oxygen atoms in total. The summed E-state index contributed by atoms with van der Waals surface area (Å²) >= 11 is 2.96. The number of H-pyrrole nitrogens is 2. The van der Waals surface area contributed by atoms with E-state index in [0.29, 0.717) is 11.3 Å². The quantitative estimate of drug-likeness (QED) is 0.354. The lowest BCUT2D eigenvalue weighted by Gasteiger charge is -2.16. The van der Waals surface area contributed by atoms with E-state index in [2.05, 4.69) is 41.3 Å². The average molecular weight is 497 g/mol. The molecule has 0 aliphatic carbocycles. The molecule has 15 heteroatoms. The second kappa shape index (κ2) is 8.16. The van der Waals surface area contributed by atoms with Crippen molar-refractivity contribution in [1.29, 1.82) is 0 Å². The molecule has 1 fully saturated rings. The zero-order chi connectivity index (χ0) is 22.3. The first-order chi connectivity index (χ1) is 14.7. The van der Waals surface area contributed by atoms with Crippen LogP contribution in [0, 0.1) is 6.92 Å². The van der Waals surface area contributed by atoms with Crippen LogP contribution in [0.4, 0.5) is 0 Å². The summed E-state index contributed by atoms with van der Waals surface area (Å²) in [6, 6.07) is 0. The van der Waals surface area contributed by atoms with Gasteiger partial charge in [0.05, 0.1) is 25.4 Å². The standard InChI is InChI=1S/C16H17BrN8O6/c1-7-3-24(15(29)18-13(7)27)11-2-9(26)10(31-11)6-23-4-8(20-22-23)5-25-16(30)19-14(28)12(17)21-25/h3-4,9-11,26H,2,5-6H2,1H3,(H,18,27,29)(H,19,28,30). The number of aromatic amines is 2. The highest BCUT2D eigenvalue weighted by atomic mass is 79.9. The van der Waals surface area contributed by atoms with Crippen LogP contribution in [-0.4, -0.2) is 56.6 Å². The summed E-state index contributed by atoms with van der Waals surface area (Å²) in [6.07, 6.45) is 0.793. The first-order valence-corrected chi connectivity index (χ1v) is 9.92. The highest BCUT2D eigenvalue weighted by Gasteiger charge is 2.36. The summed E-state index contributed by atoms with van der Waals surface area (Å²) in [5, 5.41) is 22.1. The van der Waals surface area contributed by atoms with Gasteiger partial charge in [0.2, 0.25) is 0 Å². The summed E-state index contributed by atoms with van der Waals surface area (Å²) < 4.78 is 9.44. The number of halogens is 1. The second-order valence-electron chi connectivity index (χ2n) is 7.05. The third kappa shape index (κ3) is 4.33. The number of nitrogens with zero attached hydrogens (tertiary/aromatic N) is 6. The van der Waals surface area contributed by atoms with Gasteiger partial charge in [-0.05, 0) is 22.9 Å². The van der Waals surface area contributed by atoms with Gasteiger partial charge in [0.25, 0.3) is 11.1 Å². The first-order valence-electron chi connectivity index (χ1n) is 9.13. The van der Waals surface area contributed by atoms with Gasteiger partial charge in [-0.25, -0.2) is 19.0 Å². The first kappa shape index (κ1) is 21.1. The molecule has 1 aliphatic rings. The molecule has 3 unspecified atom stereocenters. The lowest BCUT2D eigenvalue weighted by Crippen LogP contribution is -2.33. The van der Waals surface area contributed by atoms with Gasteiger partial charge in [-0.3, -0.25) is 24.1 Å². The summed E-state index contributed by atoms with van der Waals surface area (Å²) in [6.45, 7) is 1.67. The predicted octanol–water partition coefficient (Wildman–Crippen LogP) is -2.16. The molecule has 3 aromatic rings. The summed E-state index contributed by atoms with van der Waals surface area (Å²) in [7, 11) is 0. The minimum absolute atomic E-state index is 0.0308. The number of hydrogen-bond acceptors (Lipinski definition) is 9. The maximum absolute atomic E-state index is 12.1.